The first-order chi connectivity index (χ1) is 17.7. The van der Waals surface area contributed by atoms with E-state index in [0.29, 0.717) is 27.6 Å². The first-order valence-electron chi connectivity index (χ1n) is 12.2. The predicted molar refractivity (Wildman–Crippen MR) is 144 cm³/mol. The van der Waals surface area contributed by atoms with Crippen LogP contribution in [0.25, 0.3) is 0 Å². The highest BCUT2D eigenvalue weighted by Crippen LogP contribution is 2.26. The molecule has 1 saturated carbocycles. The van der Waals surface area contributed by atoms with E-state index in [1.807, 2.05) is 6.07 Å². The SMILES string of the molecule is Cc1cc(S(=O)(=O)NC2CCCCC2)ccc1OCC(=O)Nc1ccc(Cl)cc1C(=O)c1ccccc1. The molecular formula is C28H29ClN2O5S. The number of hydrogen-bond acceptors (Lipinski definition) is 5. The Balaban J connectivity index is 1.41. The van der Waals surface area contributed by atoms with Crippen molar-refractivity contribution in [1.29, 1.82) is 0 Å². The summed E-state index contributed by atoms with van der Waals surface area (Å²) in [6.45, 7) is 1.40. The minimum atomic E-state index is -3.64. The van der Waals surface area contributed by atoms with Crippen LogP contribution in [0, 0.1) is 6.92 Å². The van der Waals surface area contributed by atoms with Crippen LogP contribution in [-0.4, -0.2) is 32.8 Å². The smallest absolute Gasteiger partial charge is 0.262 e. The molecule has 0 atom stereocenters. The maximum Gasteiger partial charge on any atom is 0.262 e. The summed E-state index contributed by atoms with van der Waals surface area (Å²) in [6.07, 6.45) is 4.89. The van der Waals surface area contributed by atoms with Crippen LogP contribution in [0.5, 0.6) is 5.75 Å². The first kappa shape index (κ1) is 26.9. The van der Waals surface area contributed by atoms with Gasteiger partial charge in [0.15, 0.2) is 12.4 Å². The molecule has 0 spiro atoms. The van der Waals surface area contributed by atoms with Crippen molar-refractivity contribution >= 4 is 39.0 Å². The molecule has 7 nitrogen and oxygen atoms in total. The highest BCUT2D eigenvalue weighted by molar-refractivity contribution is 7.89. The van der Waals surface area contributed by atoms with E-state index in [4.69, 9.17) is 16.3 Å². The largest absolute Gasteiger partial charge is 0.483 e. The maximum absolute atomic E-state index is 13.0. The summed E-state index contributed by atoms with van der Waals surface area (Å²) in [5.74, 6) is -0.350. The Morgan fingerprint density at radius 1 is 0.973 bits per heavy atom. The van der Waals surface area contributed by atoms with Crippen molar-refractivity contribution in [3.05, 3.63) is 88.4 Å². The molecule has 1 fully saturated rings. The van der Waals surface area contributed by atoms with E-state index in [1.54, 1.807) is 49.4 Å². The van der Waals surface area contributed by atoms with Crippen molar-refractivity contribution in [2.45, 2.75) is 50.0 Å². The predicted octanol–water partition coefficient (Wildman–Crippen LogP) is 5.51. The highest BCUT2D eigenvalue weighted by atomic mass is 35.5. The molecule has 0 aliphatic heterocycles. The molecule has 3 aromatic carbocycles. The van der Waals surface area contributed by atoms with E-state index in [2.05, 4.69) is 10.0 Å². The molecule has 194 valence electrons. The van der Waals surface area contributed by atoms with Crippen molar-refractivity contribution < 1.29 is 22.7 Å². The number of ether oxygens (including phenoxy) is 1. The number of aryl methyl sites for hydroxylation is 1. The Bertz CT molecular complexity index is 1390. The molecule has 4 rings (SSSR count). The van der Waals surface area contributed by atoms with Gasteiger partial charge in [0.25, 0.3) is 5.91 Å². The van der Waals surface area contributed by atoms with Gasteiger partial charge in [-0.3, -0.25) is 9.59 Å². The number of amides is 1. The number of halogens is 1. The van der Waals surface area contributed by atoms with Crippen LogP contribution < -0.4 is 14.8 Å². The number of rotatable bonds is 9. The molecular weight excluding hydrogens is 512 g/mol. The van der Waals surface area contributed by atoms with Crippen molar-refractivity contribution in [2.24, 2.45) is 0 Å². The summed E-state index contributed by atoms with van der Waals surface area (Å²) in [7, 11) is -3.64. The fraction of sp³-hybridized carbons (Fsp3) is 0.286. The van der Waals surface area contributed by atoms with Gasteiger partial charge in [0.1, 0.15) is 5.75 Å². The Morgan fingerprint density at radius 2 is 1.70 bits per heavy atom. The van der Waals surface area contributed by atoms with Crippen LogP contribution in [-0.2, 0) is 14.8 Å². The van der Waals surface area contributed by atoms with Gasteiger partial charge in [0.05, 0.1) is 10.6 Å². The Morgan fingerprint density at radius 3 is 2.41 bits per heavy atom. The van der Waals surface area contributed by atoms with E-state index in [1.165, 1.54) is 18.2 Å². The third kappa shape index (κ3) is 6.97. The van der Waals surface area contributed by atoms with Gasteiger partial charge in [0, 0.05) is 22.2 Å². The van der Waals surface area contributed by atoms with Crippen molar-refractivity contribution in [2.75, 3.05) is 11.9 Å². The number of benzene rings is 3. The van der Waals surface area contributed by atoms with E-state index in [-0.39, 0.29) is 28.9 Å². The fourth-order valence-electron chi connectivity index (χ4n) is 4.35. The second kappa shape index (κ2) is 11.9. The van der Waals surface area contributed by atoms with Crippen molar-refractivity contribution in [3.63, 3.8) is 0 Å². The van der Waals surface area contributed by atoms with E-state index < -0.39 is 15.9 Å². The molecule has 1 aliphatic rings. The molecule has 9 heteroatoms. The summed E-state index contributed by atoms with van der Waals surface area (Å²) in [6, 6.07) is 17.9. The molecule has 1 amide bonds. The summed E-state index contributed by atoms with van der Waals surface area (Å²) in [5, 5.41) is 3.08. The monoisotopic (exact) mass is 540 g/mol. The number of ketones is 1. The third-order valence-electron chi connectivity index (χ3n) is 6.28. The molecule has 0 radical (unpaired) electrons. The molecule has 0 unspecified atom stereocenters. The fourth-order valence-corrected chi connectivity index (χ4v) is 5.91. The average Bonchev–Trinajstić information content (AvgIpc) is 2.89. The van der Waals surface area contributed by atoms with E-state index >= 15 is 0 Å². The normalized spacial score (nSPS) is 14.2. The molecule has 37 heavy (non-hydrogen) atoms. The van der Waals surface area contributed by atoms with Crippen LogP contribution in [0.4, 0.5) is 5.69 Å². The van der Waals surface area contributed by atoms with Gasteiger partial charge < -0.3 is 10.1 Å². The molecule has 3 aromatic rings. The Hall–Kier alpha value is -3.20. The number of carbonyl (C=O) groups is 2. The van der Waals surface area contributed by atoms with Crippen LogP contribution in [0.15, 0.2) is 71.6 Å². The number of hydrogen-bond donors (Lipinski definition) is 2. The standard InChI is InChI=1S/C28H29ClN2O5S/c1-19-16-23(37(34,35)31-22-10-6-3-7-11-22)13-15-26(19)36-18-27(32)30-25-14-12-21(29)17-24(25)28(33)20-8-4-2-5-9-20/h2,4-5,8-9,12-17,22,31H,3,6-7,10-11,18H2,1H3,(H,30,32). The summed E-state index contributed by atoms with van der Waals surface area (Å²) >= 11 is 6.11. The molecule has 1 aliphatic carbocycles. The lowest BCUT2D eigenvalue weighted by Gasteiger charge is -2.22. The quantitative estimate of drug-likeness (QED) is 0.349. The summed E-state index contributed by atoms with van der Waals surface area (Å²) in [4.78, 5) is 25.8. The van der Waals surface area contributed by atoms with Gasteiger partial charge >= 0.3 is 0 Å². The van der Waals surface area contributed by atoms with Gasteiger partial charge in [-0.05, 0) is 61.7 Å². The average molecular weight is 541 g/mol. The summed E-state index contributed by atoms with van der Waals surface area (Å²) in [5.41, 5.74) is 1.65. The zero-order chi connectivity index (χ0) is 26.4. The van der Waals surface area contributed by atoms with Crippen molar-refractivity contribution in [1.82, 2.24) is 4.72 Å². The minimum Gasteiger partial charge on any atom is -0.483 e. The third-order valence-corrected chi connectivity index (χ3v) is 8.03. The van der Waals surface area contributed by atoms with Crippen LogP contribution in [0.2, 0.25) is 5.02 Å². The Labute approximate surface area is 222 Å². The number of carbonyl (C=O) groups excluding carboxylic acids is 2. The van der Waals surface area contributed by atoms with E-state index in [0.717, 1.165) is 32.1 Å². The zero-order valence-electron chi connectivity index (χ0n) is 20.5. The first-order valence-corrected chi connectivity index (χ1v) is 14.0. The minimum absolute atomic E-state index is 0.0368. The van der Waals surface area contributed by atoms with Crippen LogP contribution in [0.1, 0.15) is 53.6 Å². The van der Waals surface area contributed by atoms with Crippen LogP contribution in [0.3, 0.4) is 0 Å². The maximum atomic E-state index is 13.0. The van der Waals surface area contributed by atoms with E-state index in [9.17, 15) is 18.0 Å². The summed E-state index contributed by atoms with van der Waals surface area (Å²) < 4.78 is 34.0. The van der Waals surface area contributed by atoms with Crippen LogP contribution >= 0.6 is 11.6 Å². The highest BCUT2D eigenvalue weighted by Gasteiger charge is 2.23. The second-order valence-electron chi connectivity index (χ2n) is 9.11. The van der Waals surface area contributed by atoms with Gasteiger partial charge in [-0.2, -0.15) is 0 Å². The number of anilines is 1. The number of sulfonamides is 1. The lowest BCUT2D eigenvalue weighted by molar-refractivity contribution is -0.118. The number of nitrogens with one attached hydrogen (secondary N) is 2. The lowest BCUT2D eigenvalue weighted by Crippen LogP contribution is -2.36. The zero-order valence-corrected chi connectivity index (χ0v) is 22.1. The lowest BCUT2D eigenvalue weighted by atomic mass is 9.96. The van der Waals surface area contributed by atoms with Gasteiger partial charge in [-0.1, -0.05) is 61.2 Å². The van der Waals surface area contributed by atoms with Gasteiger partial charge in [-0.25, -0.2) is 13.1 Å². The molecule has 0 saturated heterocycles. The molecule has 2 N–H and O–H groups in total. The topological polar surface area (TPSA) is 102 Å². The molecule has 0 aromatic heterocycles. The Kier molecular flexibility index (Phi) is 8.63. The van der Waals surface area contributed by atoms with Crippen molar-refractivity contribution in [3.8, 4) is 5.75 Å². The molecule has 0 bridgehead atoms. The van der Waals surface area contributed by atoms with Gasteiger partial charge in [-0.15, -0.1) is 0 Å². The second-order valence-corrected chi connectivity index (χ2v) is 11.3. The molecule has 0 heterocycles. The van der Waals surface area contributed by atoms with Gasteiger partial charge in [0.2, 0.25) is 10.0 Å².